The van der Waals surface area contributed by atoms with E-state index in [9.17, 15) is 0 Å². The van der Waals surface area contributed by atoms with Crippen molar-refractivity contribution in [2.45, 2.75) is 20.3 Å². The molecule has 0 saturated heterocycles. The molecule has 2 aromatic rings. The number of nitrogen functional groups attached to an aromatic ring is 1. The van der Waals surface area contributed by atoms with Crippen molar-refractivity contribution >= 4 is 16.5 Å². The fourth-order valence-electron chi connectivity index (χ4n) is 1.99. The van der Waals surface area contributed by atoms with Crippen LogP contribution in [-0.4, -0.2) is 0 Å². The first-order chi connectivity index (χ1) is 6.74. The van der Waals surface area contributed by atoms with Gasteiger partial charge in [-0.05, 0) is 41.3 Å². The lowest BCUT2D eigenvalue weighted by Gasteiger charge is -2.09. The number of fused-ring (bicyclic) bond motifs is 1. The molecule has 14 heavy (non-hydrogen) atoms. The molecule has 1 nitrogen and oxygen atoms in total. The van der Waals surface area contributed by atoms with Crippen molar-refractivity contribution in [2.75, 3.05) is 5.73 Å². The molecule has 0 saturated carbocycles. The largest absolute Gasteiger partial charge is 0.398 e. The summed E-state index contributed by atoms with van der Waals surface area (Å²) in [6.45, 7) is 4.28. The van der Waals surface area contributed by atoms with Gasteiger partial charge in [-0.2, -0.15) is 0 Å². The number of hydrogen-bond acceptors (Lipinski definition) is 1. The summed E-state index contributed by atoms with van der Waals surface area (Å²) in [6, 6.07) is 10.5. The first-order valence-electron chi connectivity index (χ1n) is 5.00. The van der Waals surface area contributed by atoms with Crippen LogP contribution in [-0.2, 0) is 6.42 Å². The Bertz CT molecular complexity index is 472. The van der Waals surface area contributed by atoms with Gasteiger partial charge in [-0.25, -0.2) is 0 Å². The van der Waals surface area contributed by atoms with Crippen LogP contribution in [0.15, 0.2) is 30.3 Å². The minimum Gasteiger partial charge on any atom is -0.398 e. The SMILES string of the molecule is CCc1c(N)ccc2c(C)cccc12. The second-order valence-electron chi connectivity index (χ2n) is 3.66. The molecule has 0 bridgehead atoms. The highest BCUT2D eigenvalue weighted by molar-refractivity contribution is 5.91. The van der Waals surface area contributed by atoms with Crippen molar-refractivity contribution in [2.24, 2.45) is 0 Å². The topological polar surface area (TPSA) is 26.0 Å². The highest BCUT2D eigenvalue weighted by atomic mass is 14.6. The van der Waals surface area contributed by atoms with E-state index in [1.54, 1.807) is 0 Å². The lowest BCUT2D eigenvalue weighted by molar-refractivity contribution is 1.16. The molecule has 2 N–H and O–H groups in total. The lowest BCUT2D eigenvalue weighted by Crippen LogP contribution is -1.94. The van der Waals surface area contributed by atoms with Crippen LogP contribution in [0.5, 0.6) is 0 Å². The van der Waals surface area contributed by atoms with Gasteiger partial charge in [0.05, 0.1) is 0 Å². The molecule has 0 aliphatic carbocycles. The lowest BCUT2D eigenvalue weighted by atomic mass is 9.98. The molecule has 72 valence electrons. The summed E-state index contributed by atoms with van der Waals surface area (Å²) < 4.78 is 0. The fraction of sp³-hybridized carbons (Fsp3) is 0.231. The summed E-state index contributed by atoms with van der Waals surface area (Å²) >= 11 is 0. The number of rotatable bonds is 1. The smallest absolute Gasteiger partial charge is 0.0352 e. The maximum Gasteiger partial charge on any atom is 0.0352 e. The molecule has 0 radical (unpaired) electrons. The summed E-state index contributed by atoms with van der Waals surface area (Å²) in [5.74, 6) is 0. The third-order valence-corrected chi connectivity index (χ3v) is 2.78. The molecule has 0 aliphatic heterocycles. The summed E-state index contributed by atoms with van der Waals surface area (Å²) in [7, 11) is 0. The van der Waals surface area contributed by atoms with Crippen molar-refractivity contribution < 1.29 is 0 Å². The van der Waals surface area contributed by atoms with Crippen molar-refractivity contribution in [3.63, 3.8) is 0 Å². The first kappa shape index (κ1) is 9.07. The van der Waals surface area contributed by atoms with Crippen LogP contribution in [0.1, 0.15) is 18.1 Å². The van der Waals surface area contributed by atoms with Crippen molar-refractivity contribution in [3.05, 3.63) is 41.5 Å². The van der Waals surface area contributed by atoms with Crippen molar-refractivity contribution in [3.8, 4) is 0 Å². The Morgan fingerprint density at radius 3 is 2.57 bits per heavy atom. The van der Waals surface area contributed by atoms with Gasteiger partial charge in [0.2, 0.25) is 0 Å². The zero-order valence-electron chi connectivity index (χ0n) is 8.67. The molecule has 0 heterocycles. The summed E-state index contributed by atoms with van der Waals surface area (Å²) in [6.07, 6.45) is 0.993. The van der Waals surface area contributed by atoms with E-state index in [0.29, 0.717) is 0 Å². The molecule has 0 aromatic heterocycles. The molecule has 0 amide bonds. The zero-order chi connectivity index (χ0) is 10.1. The second-order valence-corrected chi connectivity index (χ2v) is 3.66. The van der Waals surface area contributed by atoms with E-state index in [2.05, 4.69) is 38.1 Å². The Hall–Kier alpha value is -1.50. The fourth-order valence-corrected chi connectivity index (χ4v) is 1.99. The number of aryl methyl sites for hydroxylation is 2. The average Bonchev–Trinajstić information content (AvgIpc) is 2.18. The van der Waals surface area contributed by atoms with E-state index >= 15 is 0 Å². The van der Waals surface area contributed by atoms with Crippen LogP contribution in [0, 0.1) is 6.92 Å². The van der Waals surface area contributed by atoms with Crippen LogP contribution in [0.3, 0.4) is 0 Å². The summed E-state index contributed by atoms with van der Waals surface area (Å²) in [5, 5.41) is 2.62. The van der Waals surface area contributed by atoms with Crippen LogP contribution in [0.2, 0.25) is 0 Å². The Morgan fingerprint density at radius 2 is 1.86 bits per heavy atom. The average molecular weight is 185 g/mol. The number of anilines is 1. The molecule has 0 atom stereocenters. The zero-order valence-corrected chi connectivity index (χ0v) is 8.67. The molecular formula is C13H15N. The van der Waals surface area contributed by atoms with Gasteiger partial charge in [0.1, 0.15) is 0 Å². The summed E-state index contributed by atoms with van der Waals surface area (Å²) in [4.78, 5) is 0. The molecule has 2 aromatic carbocycles. The number of benzene rings is 2. The highest BCUT2D eigenvalue weighted by Crippen LogP contribution is 2.26. The van der Waals surface area contributed by atoms with Gasteiger partial charge in [0.15, 0.2) is 0 Å². The minimum atomic E-state index is 0.908. The Labute approximate surface area is 84.5 Å². The quantitative estimate of drug-likeness (QED) is 0.678. The van der Waals surface area contributed by atoms with Gasteiger partial charge < -0.3 is 5.73 Å². The number of hydrogen-bond donors (Lipinski definition) is 1. The van der Waals surface area contributed by atoms with Crippen LogP contribution in [0.25, 0.3) is 10.8 Å². The molecule has 0 fully saturated rings. The standard InChI is InChI=1S/C13H15N/c1-3-10-12-6-4-5-9(2)11(12)7-8-13(10)14/h4-8H,3,14H2,1-2H3. The van der Waals surface area contributed by atoms with Gasteiger partial charge in [-0.15, -0.1) is 0 Å². The third kappa shape index (κ3) is 1.25. The number of nitrogens with two attached hydrogens (primary N) is 1. The van der Waals surface area contributed by atoms with Gasteiger partial charge in [-0.3, -0.25) is 0 Å². The Balaban J connectivity index is 2.88. The van der Waals surface area contributed by atoms with Crippen LogP contribution >= 0.6 is 0 Å². The van der Waals surface area contributed by atoms with Gasteiger partial charge in [0, 0.05) is 5.69 Å². The molecule has 0 aliphatic rings. The Morgan fingerprint density at radius 1 is 1.07 bits per heavy atom. The molecule has 2 rings (SSSR count). The predicted octanol–water partition coefficient (Wildman–Crippen LogP) is 3.29. The van der Waals surface area contributed by atoms with E-state index in [1.165, 1.54) is 21.9 Å². The normalized spacial score (nSPS) is 10.7. The first-order valence-corrected chi connectivity index (χ1v) is 5.00. The van der Waals surface area contributed by atoms with Gasteiger partial charge in [0.25, 0.3) is 0 Å². The predicted molar refractivity (Wildman–Crippen MR) is 62.5 cm³/mol. The minimum absolute atomic E-state index is 0.908. The van der Waals surface area contributed by atoms with Crippen LogP contribution in [0.4, 0.5) is 5.69 Å². The Kier molecular flexibility index (Phi) is 2.16. The van der Waals surface area contributed by atoms with Gasteiger partial charge >= 0.3 is 0 Å². The monoisotopic (exact) mass is 185 g/mol. The van der Waals surface area contributed by atoms with Crippen molar-refractivity contribution in [1.82, 2.24) is 0 Å². The molecule has 0 spiro atoms. The van der Waals surface area contributed by atoms with E-state index in [-0.39, 0.29) is 0 Å². The van der Waals surface area contributed by atoms with Crippen LogP contribution < -0.4 is 5.73 Å². The highest BCUT2D eigenvalue weighted by Gasteiger charge is 2.04. The molecule has 1 heteroatoms. The summed E-state index contributed by atoms with van der Waals surface area (Å²) in [5.41, 5.74) is 9.44. The van der Waals surface area contributed by atoms with E-state index in [1.807, 2.05) is 6.07 Å². The van der Waals surface area contributed by atoms with Crippen molar-refractivity contribution in [1.29, 1.82) is 0 Å². The molecule has 0 unspecified atom stereocenters. The van der Waals surface area contributed by atoms with E-state index in [0.717, 1.165) is 12.1 Å². The third-order valence-electron chi connectivity index (χ3n) is 2.78. The van der Waals surface area contributed by atoms with E-state index in [4.69, 9.17) is 5.73 Å². The second kappa shape index (κ2) is 3.33. The van der Waals surface area contributed by atoms with Gasteiger partial charge in [-0.1, -0.05) is 31.2 Å². The maximum absolute atomic E-state index is 5.95. The molecular weight excluding hydrogens is 170 g/mol. The van der Waals surface area contributed by atoms with E-state index < -0.39 is 0 Å². The maximum atomic E-state index is 5.95.